The molecule has 0 bridgehead atoms. The van der Waals surface area contributed by atoms with E-state index in [2.05, 4.69) is 20.4 Å². The molecule has 0 saturated carbocycles. The Hall–Kier alpha value is -2.77. The molecule has 2 N–H and O–H groups in total. The summed E-state index contributed by atoms with van der Waals surface area (Å²) in [5.41, 5.74) is 0.170. The molecule has 0 fully saturated rings. The molecule has 0 radical (unpaired) electrons. The van der Waals surface area contributed by atoms with Crippen LogP contribution in [0, 0.1) is 0 Å². The SMILES string of the molecule is Cn1cnc(CNC(=O)c2ccc(C(=O)O)cn2)n1. The van der Waals surface area contributed by atoms with Crippen LogP contribution in [0.1, 0.15) is 26.7 Å². The quantitative estimate of drug-likeness (QED) is 0.791. The molecular formula is C11H11N5O3. The van der Waals surface area contributed by atoms with Crippen molar-refractivity contribution in [3.8, 4) is 0 Å². The Morgan fingerprint density at radius 1 is 1.37 bits per heavy atom. The summed E-state index contributed by atoms with van der Waals surface area (Å²) in [6.07, 6.45) is 2.66. The van der Waals surface area contributed by atoms with Gasteiger partial charge in [0.25, 0.3) is 5.91 Å². The van der Waals surface area contributed by atoms with Gasteiger partial charge in [-0.15, -0.1) is 0 Å². The number of rotatable bonds is 4. The zero-order valence-corrected chi connectivity index (χ0v) is 10.1. The topological polar surface area (TPSA) is 110 Å². The standard InChI is InChI=1S/C11H11N5O3/c1-16-6-14-9(15-16)5-13-10(17)8-3-2-7(4-12-8)11(18)19/h2-4,6H,5H2,1H3,(H,13,17)(H,18,19). The number of amides is 1. The fourth-order valence-corrected chi connectivity index (χ4v) is 1.37. The molecule has 0 aromatic carbocycles. The largest absolute Gasteiger partial charge is 0.478 e. The van der Waals surface area contributed by atoms with E-state index in [1.165, 1.54) is 23.1 Å². The highest BCUT2D eigenvalue weighted by molar-refractivity contribution is 5.93. The first-order valence-corrected chi connectivity index (χ1v) is 5.38. The number of hydrogen-bond acceptors (Lipinski definition) is 5. The van der Waals surface area contributed by atoms with E-state index in [4.69, 9.17) is 5.11 Å². The summed E-state index contributed by atoms with van der Waals surface area (Å²) in [6.45, 7) is 0.183. The summed E-state index contributed by atoms with van der Waals surface area (Å²) in [6, 6.07) is 2.67. The number of nitrogens with zero attached hydrogens (tertiary/aromatic N) is 4. The van der Waals surface area contributed by atoms with Gasteiger partial charge in [0.1, 0.15) is 12.0 Å². The molecule has 0 aliphatic rings. The number of aryl methyl sites for hydroxylation is 1. The maximum absolute atomic E-state index is 11.7. The third-order valence-electron chi connectivity index (χ3n) is 2.30. The Morgan fingerprint density at radius 2 is 2.16 bits per heavy atom. The second-order valence-electron chi connectivity index (χ2n) is 3.75. The van der Waals surface area contributed by atoms with Crippen LogP contribution in [-0.2, 0) is 13.6 Å². The lowest BCUT2D eigenvalue weighted by Crippen LogP contribution is -2.24. The van der Waals surface area contributed by atoms with Gasteiger partial charge < -0.3 is 10.4 Å². The summed E-state index contributed by atoms with van der Waals surface area (Å²) in [4.78, 5) is 30.1. The Bertz CT molecular complexity index is 605. The van der Waals surface area contributed by atoms with Crippen molar-refractivity contribution < 1.29 is 14.7 Å². The Kier molecular flexibility index (Phi) is 3.51. The third-order valence-corrected chi connectivity index (χ3v) is 2.30. The van der Waals surface area contributed by atoms with Crippen LogP contribution in [0.15, 0.2) is 24.7 Å². The highest BCUT2D eigenvalue weighted by atomic mass is 16.4. The summed E-state index contributed by atoms with van der Waals surface area (Å²) in [5.74, 6) is -1.01. The molecule has 0 aliphatic carbocycles. The molecule has 1 amide bonds. The van der Waals surface area contributed by atoms with E-state index >= 15 is 0 Å². The number of carboxylic acid groups (broad SMARTS) is 1. The molecule has 19 heavy (non-hydrogen) atoms. The van der Waals surface area contributed by atoms with E-state index in [1.807, 2.05) is 0 Å². The van der Waals surface area contributed by atoms with E-state index in [0.29, 0.717) is 5.82 Å². The van der Waals surface area contributed by atoms with Crippen LogP contribution in [0.5, 0.6) is 0 Å². The van der Waals surface area contributed by atoms with E-state index in [-0.39, 0.29) is 17.8 Å². The summed E-state index contributed by atoms with van der Waals surface area (Å²) in [5, 5.41) is 15.3. The predicted molar refractivity (Wildman–Crippen MR) is 63.4 cm³/mol. The van der Waals surface area contributed by atoms with Gasteiger partial charge in [-0.25, -0.2) is 9.78 Å². The van der Waals surface area contributed by atoms with Gasteiger partial charge in [-0.2, -0.15) is 5.10 Å². The van der Waals surface area contributed by atoms with Crippen LogP contribution in [0.25, 0.3) is 0 Å². The molecular weight excluding hydrogens is 250 g/mol. The number of aromatic nitrogens is 4. The van der Waals surface area contributed by atoms with Gasteiger partial charge in [0.05, 0.1) is 12.1 Å². The fraction of sp³-hybridized carbons (Fsp3) is 0.182. The van der Waals surface area contributed by atoms with Crippen LogP contribution in [-0.4, -0.2) is 36.7 Å². The average molecular weight is 261 g/mol. The molecule has 98 valence electrons. The minimum absolute atomic E-state index is 0.0305. The van der Waals surface area contributed by atoms with E-state index in [1.54, 1.807) is 7.05 Å². The monoisotopic (exact) mass is 261 g/mol. The number of hydrogen-bond donors (Lipinski definition) is 2. The van der Waals surface area contributed by atoms with Gasteiger partial charge in [-0.3, -0.25) is 14.5 Å². The minimum atomic E-state index is -1.09. The van der Waals surface area contributed by atoms with Crippen molar-refractivity contribution in [1.82, 2.24) is 25.1 Å². The zero-order chi connectivity index (χ0) is 13.8. The van der Waals surface area contributed by atoms with E-state index < -0.39 is 11.9 Å². The van der Waals surface area contributed by atoms with Crippen LogP contribution in [0.2, 0.25) is 0 Å². The molecule has 0 aliphatic heterocycles. The van der Waals surface area contributed by atoms with Crippen LogP contribution in [0.3, 0.4) is 0 Å². The first-order valence-electron chi connectivity index (χ1n) is 5.38. The van der Waals surface area contributed by atoms with Crippen molar-refractivity contribution in [2.75, 3.05) is 0 Å². The lowest BCUT2D eigenvalue weighted by molar-refractivity contribution is 0.0695. The first kappa shape index (κ1) is 12.7. The van der Waals surface area contributed by atoms with Crippen molar-refractivity contribution in [2.45, 2.75) is 6.54 Å². The second kappa shape index (κ2) is 5.25. The molecule has 8 heteroatoms. The van der Waals surface area contributed by atoms with Crippen LogP contribution < -0.4 is 5.32 Å². The van der Waals surface area contributed by atoms with Crippen molar-refractivity contribution >= 4 is 11.9 Å². The van der Waals surface area contributed by atoms with Crippen LogP contribution >= 0.6 is 0 Å². The molecule has 0 saturated heterocycles. The fourth-order valence-electron chi connectivity index (χ4n) is 1.37. The normalized spacial score (nSPS) is 10.2. The minimum Gasteiger partial charge on any atom is -0.478 e. The Morgan fingerprint density at radius 3 is 2.68 bits per heavy atom. The number of pyridine rings is 1. The molecule has 0 atom stereocenters. The number of carboxylic acids is 1. The van der Waals surface area contributed by atoms with Gasteiger partial charge >= 0.3 is 5.97 Å². The van der Waals surface area contributed by atoms with Crippen molar-refractivity contribution in [3.63, 3.8) is 0 Å². The summed E-state index contributed by atoms with van der Waals surface area (Å²) in [7, 11) is 1.73. The summed E-state index contributed by atoms with van der Waals surface area (Å²) < 4.78 is 1.53. The maximum atomic E-state index is 11.7. The smallest absolute Gasteiger partial charge is 0.337 e. The molecule has 2 aromatic rings. The Labute approximate surface area is 108 Å². The van der Waals surface area contributed by atoms with Crippen LogP contribution in [0.4, 0.5) is 0 Å². The molecule has 8 nitrogen and oxygen atoms in total. The Balaban J connectivity index is 1.98. The highest BCUT2D eigenvalue weighted by Crippen LogP contribution is 2.00. The van der Waals surface area contributed by atoms with E-state index in [0.717, 1.165) is 6.20 Å². The van der Waals surface area contributed by atoms with Gasteiger partial charge in [-0.1, -0.05) is 0 Å². The first-order chi connectivity index (χ1) is 9.06. The lowest BCUT2D eigenvalue weighted by atomic mass is 10.2. The van der Waals surface area contributed by atoms with Crippen molar-refractivity contribution in [1.29, 1.82) is 0 Å². The zero-order valence-electron chi connectivity index (χ0n) is 10.1. The van der Waals surface area contributed by atoms with E-state index in [9.17, 15) is 9.59 Å². The number of nitrogens with one attached hydrogen (secondary N) is 1. The van der Waals surface area contributed by atoms with Crippen molar-refractivity contribution in [2.24, 2.45) is 7.05 Å². The number of aromatic carboxylic acids is 1. The molecule has 0 unspecified atom stereocenters. The maximum Gasteiger partial charge on any atom is 0.337 e. The molecule has 2 aromatic heterocycles. The molecule has 2 heterocycles. The third kappa shape index (κ3) is 3.12. The number of carbonyl (C=O) groups excluding carboxylic acids is 1. The lowest BCUT2D eigenvalue weighted by Gasteiger charge is -2.02. The molecule has 2 rings (SSSR count). The van der Waals surface area contributed by atoms with Gasteiger partial charge in [0.15, 0.2) is 5.82 Å². The van der Waals surface area contributed by atoms with Gasteiger partial charge in [0.2, 0.25) is 0 Å². The van der Waals surface area contributed by atoms with Crippen molar-refractivity contribution in [3.05, 3.63) is 41.7 Å². The highest BCUT2D eigenvalue weighted by Gasteiger charge is 2.10. The second-order valence-corrected chi connectivity index (χ2v) is 3.75. The van der Waals surface area contributed by atoms with Gasteiger partial charge in [-0.05, 0) is 12.1 Å². The number of carbonyl (C=O) groups is 2. The molecule has 0 spiro atoms. The average Bonchev–Trinajstić information content (AvgIpc) is 2.82. The van der Waals surface area contributed by atoms with Gasteiger partial charge in [0, 0.05) is 13.2 Å². The predicted octanol–water partition coefficient (Wildman–Crippen LogP) is -0.162. The summed E-state index contributed by atoms with van der Waals surface area (Å²) >= 11 is 0.